The fraction of sp³-hybridized carbons (Fsp3) is 0.429. The van der Waals surface area contributed by atoms with Gasteiger partial charge in [-0.3, -0.25) is 9.59 Å². The summed E-state index contributed by atoms with van der Waals surface area (Å²) in [5.41, 5.74) is -4.82. The Hall–Kier alpha value is -1.58. The summed E-state index contributed by atoms with van der Waals surface area (Å²) >= 11 is 3.08. The van der Waals surface area contributed by atoms with Crippen LogP contribution >= 0.6 is 15.9 Å². The largest absolute Gasteiger partial charge is 0.468 e. The van der Waals surface area contributed by atoms with Crippen LogP contribution in [-0.4, -0.2) is 31.2 Å². The standard InChI is InChI=1S/C14H11BrF6O3/c1-24-11(23)12(13(16,17)18,14(19,20)21)7-6-10(22)8-2-4-9(15)5-3-8/h2-5H,6-7H2,1H3. The smallest absolute Gasteiger partial charge is 0.413 e. The van der Waals surface area contributed by atoms with E-state index in [9.17, 15) is 35.9 Å². The lowest BCUT2D eigenvalue weighted by Gasteiger charge is -2.34. The lowest BCUT2D eigenvalue weighted by Crippen LogP contribution is -2.56. The van der Waals surface area contributed by atoms with Crippen molar-refractivity contribution in [2.45, 2.75) is 25.2 Å². The van der Waals surface area contributed by atoms with Crippen molar-refractivity contribution in [2.24, 2.45) is 5.41 Å². The number of halogens is 7. The second-order valence-electron chi connectivity index (χ2n) is 4.82. The van der Waals surface area contributed by atoms with Gasteiger partial charge in [0.25, 0.3) is 5.41 Å². The summed E-state index contributed by atoms with van der Waals surface area (Å²) in [4.78, 5) is 23.2. The Kier molecular flexibility index (Phi) is 6.07. The Morgan fingerprint density at radius 2 is 1.46 bits per heavy atom. The van der Waals surface area contributed by atoms with E-state index in [1.54, 1.807) is 0 Å². The minimum Gasteiger partial charge on any atom is -0.468 e. The number of methoxy groups -OCH3 is 1. The Bertz CT molecular complexity index is 592. The van der Waals surface area contributed by atoms with Gasteiger partial charge >= 0.3 is 18.3 Å². The lowest BCUT2D eigenvalue weighted by molar-refractivity contribution is -0.333. The van der Waals surface area contributed by atoms with Gasteiger partial charge in [0.1, 0.15) is 0 Å². The molecule has 0 N–H and O–H groups in total. The third-order valence-corrected chi connectivity index (χ3v) is 3.92. The molecule has 3 nitrogen and oxygen atoms in total. The van der Waals surface area contributed by atoms with Crippen LogP contribution in [0.4, 0.5) is 26.3 Å². The SMILES string of the molecule is COC(=O)C(CCC(=O)c1ccc(Br)cc1)(C(F)(F)F)C(F)(F)F. The molecule has 0 aliphatic rings. The molecule has 1 aromatic carbocycles. The second kappa shape index (κ2) is 7.12. The molecule has 0 saturated carbocycles. The Labute approximate surface area is 141 Å². The minimum absolute atomic E-state index is 0.0682. The molecule has 0 aliphatic heterocycles. The summed E-state index contributed by atoms with van der Waals surface area (Å²) in [5.74, 6) is -3.45. The molecule has 0 radical (unpaired) electrons. The number of rotatable bonds is 5. The Morgan fingerprint density at radius 3 is 1.83 bits per heavy atom. The lowest BCUT2D eigenvalue weighted by atomic mass is 9.80. The molecule has 1 rings (SSSR count). The molecule has 0 amide bonds. The molecule has 134 valence electrons. The maximum atomic E-state index is 13.1. The van der Waals surface area contributed by atoms with Gasteiger partial charge in [-0.15, -0.1) is 0 Å². The van der Waals surface area contributed by atoms with E-state index in [-0.39, 0.29) is 5.56 Å². The Morgan fingerprint density at radius 1 is 1.00 bits per heavy atom. The van der Waals surface area contributed by atoms with Gasteiger partial charge in [-0.05, 0) is 18.6 Å². The quantitative estimate of drug-likeness (QED) is 0.394. The molecule has 0 aliphatic carbocycles. The first-order valence-corrected chi connectivity index (χ1v) is 7.16. The Balaban J connectivity index is 3.16. The number of carbonyl (C=O) groups excluding carboxylic acids is 2. The summed E-state index contributed by atoms with van der Waals surface area (Å²) in [5, 5.41) is 0. The molecule has 0 aromatic heterocycles. The normalized spacial score (nSPS) is 12.8. The number of ether oxygens (including phenoxy) is 1. The molecule has 1 aromatic rings. The zero-order chi connectivity index (χ0) is 18.8. The van der Waals surface area contributed by atoms with Crippen LogP contribution in [0.3, 0.4) is 0 Å². The number of esters is 1. The third kappa shape index (κ3) is 3.90. The second-order valence-corrected chi connectivity index (χ2v) is 5.74. The van der Waals surface area contributed by atoms with E-state index < -0.39 is 42.4 Å². The minimum atomic E-state index is -5.96. The van der Waals surface area contributed by atoms with Gasteiger partial charge in [0.2, 0.25) is 0 Å². The van der Waals surface area contributed by atoms with E-state index in [1.165, 1.54) is 24.3 Å². The van der Waals surface area contributed by atoms with Crippen molar-refractivity contribution in [2.75, 3.05) is 7.11 Å². The van der Waals surface area contributed by atoms with Crippen LogP contribution in [0.5, 0.6) is 0 Å². The van der Waals surface area contributed by atoms with Crippen molar-refractivity contribution in [3.8, 4) is 0 Å². The van der Waals surface area contributed by atoms with E-state index in [0.29, 0.717) is 11.6 Å². The molecule has 0 unspecified atom stereocenters. The average molecular weight is 421 g/mol. The number of ketones is 1. The zero-order valence-corrected chi connectivity index (χ0v) is 13.7. The van der Waals surface area contributed by atoms with Crippen LogP contribution < -0.4 is 0 Å². The number of hydrogen-bond donors (Lipinski definition) is 0. The highest BCUT2D eigenvalue weighted by molar-refractivity contribution is 9.10. The fourth-order valence-corrected chi connectivity index (χ4v) is 2.30. The molecule has 0 spiro atoms. The molecule has 0 atom stereocenters. The molecule has 24 heavy (non-hydrogen) atoms. The van der Waals surface area contributed by atoms with Crippen LogP contribution in [0.15, 0.2) is 28.7 Å². The van der Waals surface area contributed by atoms with Crippen LogP contribution in [0.25, 0.3) is 0 Å². The van der Waals surface area contributed by atoms with Gasteiger partial charge in [-0.2, -0.15) is 26.3 Å². The van der Waals surface area contributed by atoms with Crippen molar-refractivity contribution >= 4 is 27.7 Å². The van der Waals surface area contributed by atoms with Crippen LogP contribution in [0.2, 0.25) is 0 Å². The topological polar surface area (TPSA) is 43.4 Å². The van der Waals surface area contributed by atoms with E-state index in [1.807, 2.05) is 0 Å². The van der Waals surface area contributed by atoms with Gasteiger partial charge in [-0.1, -0.05) is 28.1 Å². The van der Waals surface area contributed by atoms with Gasteiger partial charge in [0.05, 0.1) is 7.11 Å². The maximum absolute atomic E-state index is 13.1. The monoisotopic (exact) mass is 420 g/mol. The summed E-state index contributed by atoms with van der Waals surface area (Å²) in [6, 6.07) is 5.31. The first kappa shape index (κ1) is 20.5. The maximum Gasteiger partial charge on any atom is 0.413 e. The predicted molar refractivity (Wildman–Crippen MR) is 74.3 cm³/mol. The molecular formula is C14H11BrF6O3. The van der Waals surface area contributed by atoms with Crippen molar-refractivity contribution in [1.82, 2.24) is 0 Å². The molecular weight excluding hydrogens is 410 g/mol. The molecule has 0 bridgehead atoms. The van der Waals surface area contributed by atoms with Crippen molar-refractivity contribution < 1.29 is 40.7 Å². The van der Waals surface area contributed by atoms with Gasteiger partial charge < -0.3 is 4.74 Å². The zero-order valence-electron chi connectivity index (χ0n) is 12.1. The molecule has 0 saturated heterocycles. The third-order valence-electron chi connectivity index (χ3n) is 3.39. The number of benzene rings is 1. The summed E-state index contributed by atoms with van der Waals surface area (Å²) < 4.78 is 82.8. The molecule has 0 fully saturated rings. The van der Waals surface area contributed by atoms with Crippen LogP contribution in [-0.2, 0) is 9.53 Å². The number of carbonyl (C=O) groups is 2. The average Bonchev–Trinajstić information content (AvgIpc) is 2.45. The molecule has 10 heteroatoms. The van der Waals surface area contributed by atoms with Gasteiger partial charge in [-0.25, -0.2) is 0 Å². The first-order chi connectivity index (χ1) is 10.9. The number of Topliss-reactive ketones (excluding diaryl/α,β-unsaturated/α-hetero) is 1. The van der Waals surface area contributed by atoms with Crippen LogP contribution in [0.1, 0.15) is 23.2 Å². The first-order valence-electron chi connectivity index (χ1n) is 6.37. The van der Waals surface area contributed by atoms with E-state index in [0.717, 1.165) is 0 Å². The van der Waals surface area contributed by atoms with Crippen molar-refractivity contribution in [1.29, 1.82) is 0 Å². The van der Waals surface area contributed by atoms with E-state index in [4.69, 9.17) is 0 Å². The highest BCUT2D eigenvalue weighted by Gasteiger charge is 2.76. The fourth-order valence-electron chi connectivity index (χ4n) is 2.03. The van der Waals surface area contributed by atoms with E-state index >= 15 is 0 Å². The van der Waals surface area contributed by atoms with Gasteiger partial charge in [0, 0.05) is 16.5 Å². The number of hydrogen-bond acceptors (Lipinski definition) is 3. The summed E-state index contributed by atoms with van der Waals surface area (Å²) in [6.07, 6.45) is -14.8. The highest BCUT2D eigenvalue weighted by Crippen LogP contribution is 2.54. The van der Waals surface area contributed by atoms with Gasteiger partial charge in [0.15, 0.2) is 5.78 Å². The van der Waals surface area contributed by atoms with Crippen LogP contribution in [0, 0.1) is 5.41 Å². The highest BCUT2D eigenvalue weighted by atomic mass is 79.9. The van der Waals surface area contributed by atoms with Crippen molar-refractivity contribution in [3.05, 3.63) is 34.3 Å². The molecule has 0 heterocycles. The summed E-state index contributed by atoms with van der Waals surface area (Å²) in [6.45, 7) is 0. The van der Waals surface area contributed by atoms with E-state index in [2.05, 4.69) is 20.7 Å². The number of alkyl halides is 6. The summed E-state index contributed by atoms with van der Waals surface area (Å²) in [7, 11) is 0.422. The van der Waals surface area contributed by atoms with Crippen molar-refractivity contribution in [3.63, 3.8) is 0 Å². The predicted octanol–water partition coefficient (Wildman–Crippen LogP) is 4.70.